The highest BCUT2D eigenvalue weighted by atomic mass is 35.5. The zero-order chi connectivity index (χ0) is 22.6. The molecule has 0 aliphatic rings. The first-order valence-electron chi connectivity index (χ1n) is 9.10. The predicted octanol–water partition coefficient (Wildman–Crippen LogP) is 2.49. The molecular formula is C20H20Cl2N4O4S. The van der Waals surface area contributed by atoms with Crippen molar-refractivity contribution in [1.29, 1.82) is 0 Å². The molecule has 11 heteroatoms. The number of nitrogens with one attached hydrogen (secondary N) is 4. The maximum atomic E-state index is 11.9. The van der Waals surface area contributed by atoms with Crippen LogP contribution in [0.4, 0.5) is 0 Å². The summed E-state index contributed by atoms with van der Waals surface area (Å²) in [6.45, 7) is 0.0394. The Morgan fingerprint density at radius 3 is 2.32 bits per heavy atom. The largest absolute Gasteiger partial charge is 0.482 e. The zero-order valence-electron chi connectivity index (χ0n) is 16.2. The first kappa shape index (κ1) is 24.4. The highest BCUT2D eigenvalue weighted by Gasteiger charge is 2.10. The molecule has 4 N–H and O–H groups in total. The number of halogens is 2. The van der Waals surface area contributed by atoms with E-state index in [1.54, 1.807) is 6.07 Å². The van der Waals surface area contributed by atoms with Crippen LogP contribution in [0, 0.1) is 0 Å². The fraction of sp³-hybridized carbons (Fsp3) is 0.200. The Hall–Kier alpha value is -2.88. The minimum atomic E-state index is -0.557. The third-order valence-electron chi connectivity index (χ3n) is 3.73. The predicted molar refractivity (Wildman–Crippen MR) is 121 cm³/mol. The first-order chi connectivity index (χ1) is 14.8. The van der Waals surface area contributed by atoms with Gasteiger partial charge in [-0.1, -0.05) is 53.5 Å². The van der Waals surface area contributed by atoms with Crippen molar-refractivity contribution in [2.45, 2.75) is 19.4 Å². The minimum absolute atomic E-state index is 0.00909. The Morgan fingerprint density at radius 2 is 1.61 bits per heavy atom. The summed E-state index contributed by atoms with van der Waals surface area (Å²) in [6, 6.07) is 14.0. The van der Waals surface area contributed by atoms with Gasteiger partial charge in [-0.05, 0) is 36.0 Å². The second-order valence-electron chi connectivity index (χ2n) is 6.18. The van der Waals surface area contributed by atoms with Crippen molar-refractivity contribution in [3.63, 3.8) is 0 Å². The van der Waals surface area contributed by atoms with Gasteiger partial charge in [-0.2, -0.15) is 0 Å². The van der Waals surface area contributed by atoms with Crippen LogP contribution in [0.1, 0.15) is 18.4 Å². The summed E-state index contributed by atoms with van der Waals surface area (Å²) in [6.07, 6.45) is -0.0441. The Labute approximate surface area is 194 Å². The number of rotatable bonds is 8. The molecule has 0 aromatic heterocycles. The molecule has 0 saturated heterocycles. The van der Waals surface area contributed by atoms with E-state index in [2.05, 4.69) is 21.5 Å². The van der Waals surface area contributed by atoms with E-state index in [1.807, 2.05) is 30.3 Å². The number of hydrogen-bond donors (Lipinski definition) is 4. The van der Waals surface area contributed by atoms with Crippen LogP contribution in [0.15, 0.2) is 48.5 Å². The number of carbonyl (C=O) groups is 3. The summed E-state index contributed by atoms with van der Waals surface area (Å²) < 4.78 is 5.28. The molecule has 0 atom stereocenters. The lowest BCUT2D eigenvalue weighted by Crippen LogP contribution is -2.49. The van der Waals surface area contributed by atoms with Gasteiger partial charge in [0.15, 0.2) is 11.7 Å². The molecule has 0 bridgehead atoms. The molecule has 2 aromatic carbocycles. The molecule has 164 valence electrons. The molecule has 0 fully saturated rings. The van der Waals surface area contributed by atoms with E-state index in [4.69, 9.17) is 40.2 Å². The van der Waals surface area contributed by atoms with Crippen LogP contribution in [0.2, 0.25) is 10.0 Å². The number of benzene rings is 2. The molecule has 0 heterocycles. The molecular weight excluding hydrogens is 463 g/mol. The van der Waals surface area contributed by atoms with E-state index < -0.39 is 11.8 Å². The smallest absolute Gasteiger partial charge is 0.264 e. The van der Waals surface area contributed by atoms with Crippen molar-refractivity contribution in [2.24, 2.45) is 0 Å². The molecule has 31 heavy (non-hydrogen) atoms. The van der Waals surface area contributed by atoms with Gasteiger partial charge < -0.3 is 10.1 Å². The van der Waals surface area contributed by atoms with Gasteiger partial charge in [0.2, 0.25) is 11.8 Å². The molecule has 0 radical (unpaired) electrons. The summed E-state index contributed by atoms with van der Waals surface area (Å²) in [5.41, 5.74) is 5.65. The number of ether oxygens (including phenoxy) is 1. The monoisotopic (exact) mass is 482 g/mol. The second-order valence-corrected chi connectivity index (χ2v) is 7.43. The third kappa shape index (κ3) is 9.65. The Morgan fingerprint density at radius 1 is 0.903 bits per heavy atom. The Balaban J connectivity index is 1.59. The molecule has 0 saturated carbocycles. The minimum Gasteiger partial charge on any atom is -0.482 e. The van der Waals surface area contributed by atoms with Crippen molar-refractivity contribution in [2.75, 3.05) is 6.61 Å². The lowest BCUT2D eigenvalue weighted by molar-refractivity contribution is -0.126. The summed E-state index contributed by atoms with van der Waals surface area (Å²) in [4.78, 5) is 35.5. The van der Waals surface area contributed by atoms with Crippen molar-refractivity contribution >= 4 is 58.3 Å². The fourth-order valence-corrected chi connectivity index (χ4v) is 2.86. The molecule has 2 rings (SSSR count). The summed E-state index contributed by atoms with van der Waals surface area (Å²) in [7, 11) is 0. The van der Waals surface area contributed by atoms with Crippen LogP contribution < -0.4 is 26.2 Å². The lowest BCUT2D eigenvalue weighted by Gasteiger charge is -2.12. The SMILES string of the molecule is O=C(CCC(=O)NNC(=S)NC(=O)COc1ccc(Cl)cc1Cl)NCc1ccccc1. The number of hydrogen-bond acceptors (Lipinski definition) is 5. The van der Waals surface area contributed by atoms with Crippen molar-refractivity contribution in [1.82, 2.24) is 21.5 Å². The van der Waals surface area contributed by atoms with Gasteiger partial charge in [-0.25, -0.2) is 0 Å². The van der Waals surface area contributed by atoms with Crippen molar-refractivity contribution in [3.8, 4) is 5.75 Å². The van der Waals surface area contributed by atoms with Gasteiger partial charge in [0.1, 0.15) is 5.75 Å². The Bertz CT molecular complexity index is 944. The molecule has 3 amide bonds. The summed E-state index contributed by atoms with van der Waals surface area (Å²) in [5, 5.41) is 5.64. The number of hydrazine groups is 1. The van der Waals surface area contributed by atoms with Gasteiger partial charge in [-0.15, -0.1) is 0 Å². The normalized spacial score (nSPS) is 10.0. The van der Waals surface area contributed by atoms with Crippen LogP contribution in [-0.4, -0.2) is 29.4 Å². The average molecular weight is 483 g/mol. The summed E-state index contributed by atoms with van der Waals surface area (Å²) >= 11 is 16.7. The fourth-order valence-electron chi connectivity index (χ4n) is 2.23. The number of thiocarbonyl (C=S) groups is 1. The van der Waals surface area contributed by atoms with Crippen molar-refractivity contribution in [3.05, 3.63) is 64.1 Å². The first-order valence-corrected chi connectivity index (χ1v) is 10.3. The highest BCUT2D eigenvalue weighted by molar-refractivity contribution is 7.80. The van der Waals surface area contributed by atoms with Crippen LogP contribution in [0.3, 0.4) is 0 Å². The average Bonchev–Trinajstić information content (AvgIpc) is 2.75. The van der Waals surface area contributed by atoms with Crippen LogP contribution >= 0.6 is 35.4 Å². The molecule has 0 spiro atoms. The van der Waals surface area contributed by atoms with E-state index >= 15 is 0 Å². The van der Waals surface area contributed by atoms with Crippen LogP contribution in [0.25, 0.3) is 0 Å². The van der Waals surface area contributed by atoms with Gasteiger partial charge in [0, 0.05) is 24.4 Å². The second kappa shape index (κ2) is 12.7. The quantitative estimate of drug-likeness (QED) is 0.340. The van der Waals surface area contributed by atoms with Gasteiger partial charge >= 0.3 is 0 Å². The Kier molecular flexibility index (Phi) is 10.0. The maximum Gasteiger partial charge on any atom is 0.264 e. The molecule has 2 aromatic rings. The van der Waals surface area contributed by atoms with Gasteiger partial charge in [-0.3, -0.25) is 30.6 Å². The van der Waals surface area contributed by atoms with E-state index in [-0.39, 0.29) is 35.5 Å². The maximum absolute atomic E-state index is 11.9. The van der Waals surface area contributed by atoms with Gasteiger partial charge in [0.05, 0.1) is 5.02 Å². The molecule has 0 aliphatic carbocycles. The lowest BCUT2D eigenvalue weighted by atomic mass is 10.2. The molecule has 8 nitrogen and oxygen atoms in total. The van der Waals surface area contributed by atoms with E-state index in [9.17, 15) is 14.4 Å². The van der Waals surface area contributed by atoms with Crippen molar-refractivity contribution < 1.29 is 19.1 Å². The third-order valence-corrected chi connectivity index (χ3v) is 4.47. The zero-order valence-corrected chi connectivity index (χ0v) is 18.6. The van der Waals surface area contributed by atoms with Crippen LogP contribution in [-0.2, 0) is 20.9 Å². The van der Waals surface area contributed by atoms with Gasteiger partial charge in [0.25, 0.3) is 5.91 Å². The number of carbonyl (C=O) groups excluding carboxylic acids is 3. The topological polar surface area (TPSA) is 109 Å². The van der Waals surface area contributed by atoms with Crippen LogP contribution in [0.5, 0.6) is 5.75 Å². The van der Waals surface area contributed by atoms with E-state index in [1.165, 1.54) is 12.1 Å². The van der Waals surface area contributed by atoms with E-state index in [0.29, 0.717) is 17.3 Å². The molecule has 0 unspecified atom stereocenters. The standard InChI is InChI=1S/C20H20Cl2N4O4S/c21-14-6-7-16(15(22)10-14)30-12-19(29)24-20(31)26-25-18(28)9-8-17(27)23-11-13-4-2-1-3-5-13/h1-7,10H,8-9,11-12H2,(H,23,27)(H,25,28)(H2,24,26,29,31). The van der Waals surface area contributed by atoms with E-state index in [0.717, 1.165) is 5.56 Å². The summed E-state index contributed by atoms with van der Waals surface area (Å²) in [5.74, 6) is -0.986. The number of amides is 3. The molecule has 0 aliphatic heterocycles. The highest BCUT2D eigenvalue weighted by Crippen LogP contribution is 2.27.